The number of anilines is 2. The van der Waals surface area contributed by atoms with Crippen LogP contribution in [0, 0.1) is 0 Å². The Bertz CT molecular complexity index is 1000. The van der Waals surface area contributed by atoms with Crippen molar-refractivity contribution in [2.24, 2.45) is 0 Å². The SMILES string of the molecule is CC(C)(C)[Si](C)(C)OCC1CCCN1c1cncc(N2CCc3cc(Cl)ccc3C2=O)c1. The lowest BCUT2D eigenvalue weighted by Gasteiger charge is -2.38. The zero-order valence-corrected chi connectivity index (χ0v) is 21.6. The standard InChI is InChI=1S/C25H34ClN3O2Si/c1-25(2,3)32(4,5)31-17-20-7-6-11-28(20)21-14-22(16-27-15-21)29-12-10-18-13-19(26)8-9-23(18)24(29)30/h8-9,13-16,20H,6-7,10-12,17H2,1-5H3. The van der Waals surface area contributed by atoms with Crippen molar-refractivity contribution in [3.05, 3.63) is 52.8 Å². The second-order valence-electron chi connectivity index (χ2n) is 10.5. The van der Waals surface area contributed by atoms with Gasteiger partial charge in [0, 0.05) is 23.7 Å². The Labute approximate surface area is 197 Å². The Kier molecular flexibility index (Phi) is 6.40. The summed E-state index contributed by atoms with van der Waals surface area (Å²) in [6.45, 7) is 13.8. The number of nitrogens with zero attached hydrogens (tertiary/aromatic N) is 3. The van der Waals surface area contributed by atoms with E-state index in [1.54, 1.807) is 12.3 Å². The average Bonchev–Trinajstić information content (AvgIpc) is 3.20. The van der Waals surface area contributed by atoms with Crippen molar-refractivity contribution in [3.8, 4) is 0 Å². The smallest absolute Gasteiger partial charge is 0.258 e. The van der Waals surface area contributed by atoms with Crippen molar-refractivity contribution in [1.82, 2.24) is 4.98 Å². The summed E-state index contributed by atoms with van der Waals surface area (Å²) in [6, 6.07) is 7.97. The van der Waals surface area contributed by atoms with Crippen LogP contribution in [0.1, 0.15) is 49.5 Å². The summed E-state index contributed by atoms with van der Waals surface area (Å²) in [4.78, 5) is 21.9. The maximum Gasteiger partial charge on any atom is 0.258 e. The van der Waals surface area contributed by atoms with Gasteiger partial charge >= 0.3 is 0 Å². The van der Waals surface area contributed by atoms with Gasteiger partial charge in [-0.1, -0.05) is 32.4 Å². The first kappa shape index (κ1) is 23.3. The molecule has 0 N–H and O–H groups in total. The molecule has 1 saturated heterocycles. The molecule has 2 aromatic rings. The lowest BCUT2D eigenvalue weighted by Crippen LogP contribution is -2.45. The number of pyridine rings is 1. The van der Waals surface area contributed by atoms with Crippen molar-refractivity contribution < 1.29 is 9.22 Å². The molecule has 5 nitrogen and oxygen atoms in total. The van der Waals surface area contributed by atoms with Crippen LogP contribution in [0.4, 0.5) is 11.4 Å². The van der Waals surface area contributed by atoms with E-state index in [0.717, 1.165) is 54.9 Å². The van der Waals surface area contributed by atoms with Gasteiger partial charge in [-0.05, 0) is 67.2 Å². The Morgan fingerprint density at radius 2 is 1.91 bits per heavy atom. The van der Waals surface area contributed by atoms with E-state index in [2.05, 4.69) is 49.8 Å². The highest BCUT2D eigenvalue weighted by molar-refractivity contribution is 6.74. The number of aromatic nitrogens is 1. The molecule has 0 aliphatic carbocycles. The molecule has 0 radical (unpaired) electrons. The predicted molar refractivity (Wildman–Crippen MR) is 135 cm³/mol. The van der Waals surface area contributed by atoms with Crippen molar-refractivity contribution in [1.29, 1.82) is 0 Å². The van der Waals surface area contributed by atoms with Gasteiger partial charge in [-0.15, -0.1) is 0 Å². The molecular formula is C25H34ClN3O2Si. The first-order valence-electron chi connectivity index (χ1n) is 11.5. The first-order valence-corrected chi connectivity index (χ1v) is 14.8. The van der Waals surface area contributed by atoms with E-state index in [0.29, 0.717) is 17.6 Å². The molecule has 1 atom stereocenters. The van der Waals surface area contributed by atoms with E-state index in [4.69, 9.17) is 16.0 Å². The molecule has 1 unspecified atom stereocenters. The Balaban J connectivity index is 1.51. The molecule has 1 aromatic carbocycles. The molecule has 1 amide bonds. The third kappa shape index (κ3) is 4.59. The molecule has 0 bridgehead atoms. The molecule has 0 spiro atoms. The molecule has 0 saturated carbocycles. The molecule has 1 fully saturated rings. The van der Waals surface area contributed by atoms with Gasteiger partial charge in [0.2, 0.25) is 0 Å². The van der Waals surface area contributed by atoms with E-state index in [1.807, 2.05) is 23.2 Å². The van der Waals surface area contributed by atoms with Crippen LogP contribution in [-0.2, 0) is 10.8 Å². The van der Waals surface area contributed by atoms with E-state index in [1.165, 1.54) is 0 Å². The number of hydrogen-bond acceptors (Lipinski definition) is 4. The van der Waals surface area contributed by atoms with Crippen molar-refractivity contribution in [2.45, 2.75) is 64.2 Å². The van der Waals surface area contributed by atoms with Crippen molar-refractivity contribution >= 4 is 37.2 Å². The fourth-order valence-electron chi connectivity index (χ4n) is 4.29. The highest BCUT2D eigenvalue weighted by Crippen LogP contribution is 2.38. The number of carbonyl (C=O) groups excluding carboxylic acids is 1. The number of amides is 1. The monoisotopic (exact) mass is 471 g/mol. The maximum atomic E-state index is 13.2. The number of carbonyl (C=O) groups is 1. The Hall–Kier alpha value is -1.89. The number of halogens is 1. The topological polar surface area (TPSA) is 45.7 Å². The van der Waals surface area contributed by atoms with Crippen LogP contribution in [0.2, 0.25) is 23.2 Å². The summed E-state index contributed by atoms with van der Waals surface area (Å²) in [5.41, 5.74) is 3.67. The zero-order chi connectivity index (χ0) is 23.1. The Morgan fingerprint density at radius 3 is 2.66 bits per heavy atom. The highest BCUT2D eigenvalue weighted by Gasteiger charge is 2.38. The summed E-state index contributed by atoms with van der Waals surface area (Å²) < 4.78 is 6.54. The lowest BCUT2D eigenvalue weighted by atomic mass is 9.99. The van der Waals surface area contributed by atoms with Crippen LogP contribution in [0.25, 0.3) is 0 Å². The van der Waals surface area contributed by atoms with Gasteiger partial charge < -0.3 is 14.2 Å². The summed E-state index contributed by atoms with van der Waals surface area (Å²) in [7, 11) is -1.79. The van der Waals surface area contributed by atoms with Crippen LogP contribution < -0.4 is 9.80 Å². The van der Waals surface area contributed by atoms with Crippen LogP contribution >= 0.6 is 11.6 Å². The van der Waals surface area contributed by atoms with Gasteiger partial charge in [-0.25, -0.2) is 0 Å². The second-order valence-corrected chi connectivity index (χ2v) is 15.7. The molecule has 32 heavy (non-hydrogen) atoms. The van der Waals surface area contributed by atoms with E-state index < -0.39 is 8.32 Å². The quantitative estimate of drug-likeness (QED) is 0.507. The summed E-state index contributed by atoms with van der Waals surface area (Å²) >= 11 is 6.12. The maximum absolute atomic E-state index is 13.2. The first-order chi connectivity index (χ1) is 15.1. The third-order valence-corrected chi connectivity index (χ3v) is 12.1. The van der Waals surface area contributed by atoms with Gasteiger partial charge in [-0.2, -0.15) is 0 Å². The zero-order valence-electron chi connectivity index (χ0n) is 19.8. The fraction of sp³-hybridized carbons (Fsp3) is 0.520. The van der Waals surface area contributed by atoms with E-state index >= 15 is 0 Å². The highest BCUT2D eigenvalue weighted by atomic mass is 35.5. The van der Waals surface area contributed by atoms with Crippen LogP contribution in [0.5, 0.6) is 0 Å². The molecule has 4 rings (SSSR count). The predicted octanol–water partition coefficient (Wildman–Crippen LogP) is 5.93. The Morgan fingerprint density at radius 1 is 1.16 bits per heavy atom. The normalized spacial score (nSPS) is 19.4. The molecule has 7 heteroatoms. The molecule has 3 heterocycles. The number of rotatable bonds is 5. The number of benzene rings is 1. The fourth-order valence-corrected chi connectivity index (χ4v) is 5.53. The largest absolute Gasteiger partial charge is 0.415 e. The van der Waals surface area contributed by atoms with Gasteiger partial charge in [0.05, 0.1) is 36.4 Å². The van der Waals surface area contributed by atoms with Crippen LogP contribution in [0.15, 0.2) is 36.7 Å². The van der Waals surface area contributed by atoms with Crippen molar-refractivity contribution in [3.63, 3.8) is 0 Å². The second kappa shape index (κ2) is 8.80. The van der Waals surface area contributed by atoms with Gasteiger partial charge in [0.25, 0.3) is 5.91 Å². The summed E-state index contributed by atoms with van der Waals surface area (Å²) in [6.07, 6.45) is 6.76. The number of fused-ring (bicyclic) bond motifs is 1. The summed E-state index contributed by atoms with van der Waals surface area (Å²) in [5, 5.41) is 0.876. The van der Waals surface area contributed by atoms with Crippen LogP contribution in [-0.4, -0.2) is 44.9 Å². The molecule has 1 aromatic heterocycles. The average molecular weight is 472 g/mol. The summed E-state index contributed by atoms with van der Waals surface area (Å²) in [5.74, 6) is 0.0149. The van der Waals surface area contributed by atoms with E-state index in [-0.39, 0.29) is 10.9 Å². The van der Waals surface area contributed by atoms with Gasteiger partial charge in [0.15, 0.2) is 8.32 Å². The number of hydrogen-bond donors (Lipinski definition) is 0. The lowest BCUT2D eigenvalue weighted by molar-refractivity contribution is 0.0980. The molecule has 172 valence electrons. The van der Waals surface area contributed by atoms with Crippen LogP contribution in [0.3, 0.4) is 0 Å². The minimum atomic E-state index is -1.79. The third-order valence-electron chi connectivity index (χ3n) is 7.32. The minimum Gasteiger partial charge on any atom is -0.415 e. The minimum absolute atomic E-state index is 0.0149. The molecular weight excluding hydrogens is 438 g/mol. The van der Waals surface area contributed by atoms with Crippen molar-refractivity contribution in [2.75, 3.05) is 29.5 Å². The molecule has 2 aliphatic heterocycles. The van der Waals surface area contributed by atoms with Gasteiger partial charge in [0.1, 0.15) is 0 Å². The molecule has 2 aliphatic rings. The van der Waals surface area contributed by atoms with E-state index in [9.17, 15) is 4.79 Å². The van der Waals surface area contributed by atoms with Gasteiger partial charge in [-0.3, -0.25) is 9.78 Å².